The van der Waals surface area contributed by atoms with Gasteiger partial charge in [0.15, 0.2) is 0 Å². The fraction of sp³-hybridized carbons (Fsp3) is 1.00. The molecule has 4 heteroatoms. The second-order valence-electron chi connectivity index (χ2n) is 6.16. The lowest BCUT2D eigenvalue weighted by atomic mass is 9.80. The maximum Gasteiger partial charge on any atom is 0.0897 e. The highest BCUT2D eigenvalue weighted by atomic mass is 16.5. The lowest BCUT2D eigenvalue weighted by Crippen LogP contribution is -2.43. The van der Waals surface area contributed by atoms with E-state index in [2.05, 4.69) is 19.2 Å². The third-order valence-corrected chi connectivity index (χ3v) is 4.02. The van der Waals surface area contributed by atoms with Gasteiger partial charge in [0.05, 0.1) is 25.4 Å². The molecule has 0 heterocycles. The van der Waals surface area contributed by atoms with Gasteiger partial charge < -0.3 is 19.9 Å². The lowest BCUT2D eigenvalue weighted by molar-refractivity contribution is -0.0322. The molecule has 0 radical (unpaired) electrons. The highest BCUT2D eigenvalue weighted by Gasteiger charge is 2.25. The molecule has 0 aromatic rings. The number of aliphatic hydroxyl groups is 1. The quantitative estimate of drug-likeness (QED) is 0.708. The average molecular weight is 273 g/mol. The third-order valence-electron chi connectivity index (χ3n) is 4.02. The molecule has 1 fully saturated rings. The first-order valence-electron chi connectivity index (χ1n) is 7.54. The van der Waals surface area contributed by atoms with Gasteiger partial charge >= 0.3 is 0 Å². The summed E-state index contributed by atoms with van der Waals surface area (Å²) in [5.74, 6) is 1.54. The molecule has 2 N–H and O–H groups in total. The standard InChI is InChI=1S/C15H31NO3/c1-11-5-6-15(12(2)7-11)16-8-14(17)10-19-13(3)9-18-4/h11-17H,5-10H2,1-4H3. The van der Waals surface area contributed by atoms with E-state index < -0.39 is 6.10 Å². The van der Waals surface area contributed by atoms with Crippen molar-refractivity contribution in [1.29, 1.82) is 0 Å². The van der Waals surface area contributed by atoms with Gasteiger partial charge in [0, 0.05) is 19.7 Å². The molecule has 0 aromatic heterocycles. The van der Waals surface area contributed by atoms with Gasteiger partial charge in [0.25, 0.3) is 0 Å². The van der Waals surface area contributed by atoms with Gasteiger partial charge in [-0.1, -0.05) is 13.8 Å². The largest absolute Gasteiger partial charge is 0.389 e. The normalized spacial score (nSPS) is 31.1. The van der Waals surface area contributed by atoms with Crippen molar-refractivity contribution in [3.05, 3.63) is 0 Å². The van der Waals surface area contributed by atoms with Crippen molar-refractivity contribution in [3.63, 3.8) is 0 Å². The summed E-state index contributed by atoms with van der Waals surface area (Å²) in [4.78, 5) is 0. The van der Waals surface area contributed by atoms with Crippen LogP contribution in [0.15, 0.2) is 0 Å². The molecule has 4 nitrogen and oxygen atoms in total. The first kappa shape index (κ1) is 16.9. The van der Waals surface area contributed by atoms with Crippen LogP contribution in [0.1, 0.15) is 40.0 Å². The zero-order valence-corrected chi connectivity index (χ0v) is 12.9. The molecule has 0 spiro atoms. The summed E-state index contributed by atoms with van der Waals surface area (Å²) < 4.78 is 10.5. The van der Waals surface area contributed by atoms with Crippen molar-refractivity contribution in [2.45, 2.75) is 58.3 Å². The van der Waals surface area contributed by atoms with Crippen LogP contribution >= 0.6 is 0 Å². The van der Waals surface area contributed by atoms with Crippen molar-refractivity contribution in [2.24, 2.45) is 11.8 Å². The van der Waals surface area contributed by atoms with Gasteiger partial charge in [-0.15, -0.1) is 0 Å². The molecule has 0 saturated heterocycles. The molecule has 0 aliphatic heterocycles. The summed E-state index contributed by atoms with van der Waals surface area (Å²) in [6, 6.07) is 0.544. The Hall–Kier alpha value is -0.160. The zero-order chi connectivity index (χ0) is 14.3. The maximum atomic E-state index is 9.91. The van der Waals surface area contributed by atoms with Gasteiger partial charge in [-0.2, -0.15) is 0 Å². The van der Waals surface area contributed by atoms with E-state index >= 15 is 0 Å². The van der Waals surface area contributed by atoms with Crippen LogP contribution < -0.4 is 5.32 Å². The van der Waals surface area contributed by atoms with Crippen molar-refractivity contribution >= 4 is 0 Å². The first-order valence-corrected chi connectivity index (χ1v) is 7.54. The van der Waals surface area contributed by atoms with Crippen LogP contribution in [-0.4, -0.2) is 50.2 Å². The predicted octanol–water partition coefficient (Wildman–Crippen LogP) is 1.81. The summed E-state index contributed by atoms with van der Waals surface area (Å²) in [6.45, 7) is 8.13. The number of hydrogen-bond acceptors (Lipinski definition) is 4. The van der Waals surface area contributed by atoms with Crippen molar-refractivity contribution in [1.82, 2.24) is 5.32 Å². The summed E-state index contributed by atoms with van der Waals surface area (Å²) in [5.41, 5.74) is 0. The zero-order valence-electron chi connectivity index (χ0n) is 12.9. The summed E-state index contributed by atoms with van der Waals surface area (Å²) in [5, 5.41) is 13.4. The fourth-order valence-corrected chi connectivity index (χ4v) is 2.87. The van der Waals surface area contributed by atoms with Crippen LogP contribution in [0.25, 0.3) is 0 Å². The van der Waals surface area contributed by atoms with Crippen LogP contribution in [0.2, 0.25) is 0 Å². The van der Waals surface area contributed by atoms with E-state index in [4.69, 9.17) is 9.47 Å². The van der Waals surface area contributed by atoms with E-state index in [1.807, 2.05) is 6.92 Å². The summed E-state index contributed by atoms with van der Waals surface area (Å²) in [6.07, 6.45) is 3.39. The average Bonchev–Trinajstić information content (AvgIpc) is 2.35. The maximum absolute atomic E-state index is 9.91. The van der Waals surface area contributed by atoms with E-state index in [1.165, 1.54) is 19.3 Å². The van der Waals surface area contributed by atoms with Gasteiger partial charge in [-0.25, -0.2) is 0 Å². The highest BCUT2D eigenvalue weighted by Crippen LogP contribution is 2.28. The molecule has 1 rings (SSSR count). The van der Waals surface area contributed by atoms with E-state index in [0.717, 1.165) is 5.92 Å². The Morgan fingerprint density at radius 2 is 2.00 bits per heavy atom. The monoisotopic (exact) mass is 273 g/mol. The van der Waals surface area contributed by atoms with Crippen molar-refractivity contribution in [2.75, 3.05) is 26.9 Å². The molecule has 0 bridgehead atoms. The first-order chi connectivity index (χ1) is 9.02. The van der Waals surface area contributed by atoms with Crippen LogP contribution in [0.5, 0.6) is 0 Å². The predicted molar refractivity (Wildman–Crippen MR) is 77.3 cm³/mol. The van der Waals surface area contributed by atoms with E-state index in [1.54, 1.807) is 7.11 Å². The van der Waals surface area contributed by atoms with Gasteiger partial charge in [-0.3, -0.25) is 0 Å². The molecule has 114 valence electrons. The minimum absolute atomic E-state index is 0.0362. The molecule has 5 unspecified atom stereocenters. The topological polar surface area (TPSA) is 50.7 Å². The number of ether oxygens (including phenoxy) is 2. The number of aliphatic hydroxyl groups excluding tert-OH is 1. The second kappa shape index (κ2) is 8.90. The smallest absolute Gasteiger partial charge is 0.0897 e. The van der Waals surface area contributed by atoms with Gasteiger partial charge in [-0.05, 0) is 38.0 Å². The molecule has 1 saturated carbocycles. The highest BCUT2D eigenvalue weighted by molar-refractivity contribution is 4.81. The minimum atomic E-state index is -0.439. The fourth-order valence-electron chi connectivity index (χ4n) is 2.87. The van der Waals surface area contributed by atoms with Crippen molar-refractivity contribution in [3.8, 4) is 0 Å². The van der Waals surface area contributed by atoms with E-state index in [0.29, 0.717) is 31.7 Å². The second-order valence-corrected chi connectivity index (χ2v) is 6.16. The lowest BCUT2D eigenvalue weighted by Gasteiger charge is -2.33. The Kier molecular flexibility index (Phi) is 7.91. The minimum Gasteiger partial charge on any atom is -0.389 e. The Labute approximate surface area is 117 Å². The molecule has 19 heavy (non-hydrogen) atoms. The molecule has 0 aromatic carbocycles. The molecular formula is C15H31NO3. The van der Waals surface area contributed by atoms with Crippen LogP contribution in [0.3, 0.4) is 0 Å². The van der Waals surface area contributed by atoms with E-state index in [9.17, 15) is 5.11 Å². The number of methoxy groups -OCH3 is 1. The van der Waals surface area contributed by atoms with Crippen LogP contribution in [-0.2, 0) is 9.47 Å². The Balaban J connectivity index is 2.14. The molecular weight excluding hydrogens is 242 g/mol. The van der Waals surface area contributed by atoms with E-state index in [-0.39, 0.29) is 6.10 Å². The number of hydrogen-bond donors (Lipinski definition) is 2. The SMILES string of the molecule is COCC(C)OCC(O)CNC1CCC(C)CC1C. The number of nitrogens with one attached hydrogen (secondary N) is 1. The summed E-state index contributed by atoms with van der Waals surface area (Å²) >= 11 is 0. The Morgan fingerprint density at radius 1 is 1.26 bits per heavy atom. The molecule has 0 amide bonds. The third kappa shape index (κ3) is 6.70. The van der Waals surface area contributed by atoms with Crippen LogP contribution in [0, 0.1) is 11.8 Å². The molecule has 5 atom stereocenters. The summed E-state index contributed by atoms with van der Waals surface area (Å²) in [7, 11) is 1.66. The van der Waals surface area contributed by atoms with Gasteiger partial charge in [0.1, 0.15) is 0 Å². The Bertz CT molecular complexity index is 237. The Morgan fingerprint density at radius 3 is 2.63 bits per heavy atom. The molecule has 1 aliphatic carbocycles. The van der Waals surface area contributed by atoms with Crippen molar-refractivity contribution < 1.29 is 14.6 Å². The van der Waals surface area contributed by atoms with Crippen LogP contribution in [0.4, 0.5) is 0 Å². The molecule has 1 aliphatic rings. The number of rotatable bonds is 8. The van der Waals surface area contributed by atoms with Gasteiger partial charge in [0.2, 0.25) is 0 Å².